The molecular formula is C13H19NO3S. The normalized spacial score (nSPS) is 19.9. The van der Waals surface area contributed by atoms with E-state index in [4.69, 9.17) is 4.74 Å². The number of ether oxygens (including phenoxy) is 1. The number of benzene rings is 1. The van der Waals surface area contributed by atoms with Gasteiger partial charge in [0.1, 0.15) is 0 Å². The molecule has 1 aliphatic heterocycles. The van der Waals surface area contributed by atoms with Crippen molar-refractivity contribution in [2.45, 2.75) is 32.3 Å². The average Bonchev–Trinajstić information content (AvgIpc) is 2.80. The Kier molecular flexibility index (Phi) is 4.24. The average molecular weight is 269 g/mol. The lowest BCUT2D eigenvalue weighted by Crippen LogP contribution is -2.25. The molecule has 100 valence electrons. The number of sulfonamides is 1. The van der Waals surface area contributed by atoms with Gasteiger partial charge in [-0.3, -0.25) is 4.72 Å². The first kappa shape index (κ1) is 13.4. The molecule has 1 aliphatic rings. The van der Waals surface area contributed by atoms with Crippen LogP contribution in [-0.2, 0) is 21.2 Å². The SMILES string of the molecule is CCc1cccc(NS(=O)(=O)C[C@H]2CCCO2)c1. The molecule has 1 aromatic carbocycles. The van der Waals surface area contributed by atoms with Crippen LogP contribution in [-0.4, -0.2) is 26.9 Å². The van der Waals surface area contributed by atoms with Crippen LogP contribution in [0.5, 0.6) is 0 Å². The molecule has 1 atom stereocenters. The molecule has 0 unspecified atom stereocenters. The molecule has 0 bridgehead atoms. The fourth-order valence-electron chi connectivity index (χ4n) is 2.10. The first-order chi connectivity index (χ1) is 8.59. The highest BCUT2D eigenvalue weighted by atomic mass is 32.2. The van der Waals surface area contributed by atoms with Crippen LogP contribution < -0.4 is 4.72 Å². The molecule has 0 spiro atoms. The lowest BCUT2D eigenvalue weighted by atomic mass is 10.1. The van der Waals surface area contributed by atoms with Crippen LogP contribution in [0.15, 0.2) is 24.3 Å². The van der Waals surface area contributed by atoms with Gasteiger partial charge in [-0.1, -0.05) is 19.1 Å². The minimum absolute atomic E-state index is 0.0450. The third kappa shape index (κ3) is 3.71. The van der Waals surface area contributed by atoms with Gasteiger partial charge in [-0.05, 0) is 37.0 Å². The number of anilines is 1. The number of hydrogen-bond donors (Lipinski definition) is 1. The first-order valence-electron chi connectivity index (χ1n) is 6.30. The van der Waals surface area contributed by atoms with Crippen molar-refractivity contribution in [1.82, 2.24) is 0 Å². The Labute approximate surface area is 108 Å². The third-order valence-electron chi connectivity index (χ3n) is 3.04. The van der Waals surface area contributed by atoms with Crippen molar-refractivity contribution in [3.05, 3.63) is 29.8 Å². The molecule has 0 amide bonds. The summed E-state index contributed by atoms with van der Waals surface area (Å²) < 4.78 is 31.9. The van der Waals surface area contributed by atoms with Gasteiger partial charge in [0.2, 0.25) is 10.0 Å². The van der Waals surface area contributed by atoms with Gasteiger partial charge >= 0.3 is 0 Å². The Balaban J connectivity index is 2.02. The lowest BCUT2D eigenvalue weighted by molar-refractivity contribution is 0.127. The smallest absolute Gasteiger partial charge is 0.235 e. The highest BCUT2D eigenvalue weighted by Crippen LogP contribution is 2.17. The van der Waals surface area contributed by atoms with Crippen molar-refractivity contribution >= 4 is 15.7 Å². The van der Waals surface area contributed by atoms with Gasteiger partial charge < -0.3 is 4.74 Å². The quantitative estimate of drug-likeness (QED) is 0.891. The standard InChI is InChI=1S/C13H19NO3S/c1-2-11-5-3-6-12(9-11)14-18(15,16)10-13-7-4-8-17-13/h3,5-6,9,13-14H,2,4,7-8,10H2,1H3/t13-/m1/s1. The number of aryl methyl sites for hydroxylation is 1. The van der Waals surface area contributed by atoms with E-state index < -0.39 is 10.0 Å². The molecule has 0 aromatic heterocycles. The maximum absolute atomic E-state index is 12.0. The number of hydrogen-bond acceptors (Lipinski definition) is 3. The second-order valence-electron chi connectivity index (χ2n) is 4.57. The minimum Gasteiger partial charge on any atom is -0.377 e. The monoisotopic (exact) mass is 269 g/mol. The molecule has 0 aliphatic carbocycles. The Bertz CT molecular complexity index is 493. The molecule has 1 fully saturated rings. The van der Waals surface area contributed by atoms with Crippen LogP contribution in [0, 0.1) is 0 Å². The summed E-state index contributed by atoms with van der Waals surface area (Å²) in [6.45, 7) is 2.71. The summed E-state index contributed by atoms with van der Waals surface area (Å²) in [4.78, 5) is 0. The van der Waals surface area contributed by atoms with Gasteiger partial charge in [0.25, 0.3) is 0 Å². The van der Waals surface area contributed by atoms with Crippen molar-refractivity contribution in [3.8, 4) is 0 Å². The van der Waals surface area contributed by atoms with Crippen LogP contribution in [0.3, 0.4) is 0 Å². The number of nitrogens with one attached hydrogen (secondary N) is 1. The van der Waals surface area contributed by atoms with E-state index in [2.05, 4.69) is 4.72 Å². The van der Waals surface area contributed by atoms with E-state index in [1.54, 1.807) is 6.07 Å². The molecule has 4 nitrogen and oxygen atoms in total. The van der Waals surface area contributed by atoms with E-state index in [1.807, 2.05) is 25.1 Å². The lowest BCUT2D eigenvalue weighted by Gasteiger charge is -2.12. The molecular weight excluding hydrogens is 250 g/mol. The Morgan fingerprint density at radius 3 is 2.94 bits per heavy atom. The van der Waals surface area contributed by atoms with Gasteiger partial charge in [0.15, 0.2) is 0 Å². The molecule has 2 rings (SSSR count). The summed E-state index contributed by atoms with van der Waals surface area (Å²) >= 11 is 0. The van der Waals surface area contributed by atoms with E-state index in [9.17, 15) is 8.42 Å². The van der Waals surface area contributed by atoms with Gasteiger partial charge in [-0.25, -0.2) is 8.42 Å². The van der Waals surface area contributed by atoms with Crippen molar-refractivity contribution in [2.75, 3.05) is 17.1 Å². The predicted molar refractivity (Wildman–Crippen MR) is 72.2 cm³/mol. The summed E-state index contributed by atoms with van der Waals surface area (Å²) in [7, 11) is -3.32. The van der Waals surface area contributed by atoms with E-state index in [1.165, 1.54) is 0 Å². The largest absolute Gasteiger partial charge is 0.377 e. The zero-order valence-corrected chi connectivity index (χ0v) is 11.4. The van der Waals surface area contributed by atoms with Crippen LogP contribution in [0.2, 0.25) is 0 Å². The Morgan fingerprint density at radius 2 is 2.28 bits per heavy atom. The van der Waals surface area contributed by atoms with E-state index >= 15 is 0 Å². The summed E-state index contributed by atoms with van der Waals surface area (Å²) in [6.07, 6.45) is 2.51. The van der Waals surface area contributed by atoms with E-state index in [-0.39, 0.29) is 11.9 Å². The maximum atomic E-state index is 12.0. The second kappa shape index (κ2) is 5.71. The zero-order valence-electron chi connectivity index (χ0n) is 10.6. The Morgan fingerprint density at radius 1 is 1.44 bits per heavy atom. The molecule has 0 saturated carbocycles. The summed E-state index contributed by atoms with van der Waals surface area (Å²) in [5.74, 6) is 0.0450. The van der Waals surface area contributed by atoms with Gasteiger partial charge in [0, 0.05) is 12.3 Å². The highest BCUT2D eigenvalue weighted by molar-refractivity contribution is 7.92. The fraction of sp³-hybridized carbons (Fsp3) is 0.538. The van der Waals surface area contributed by atoms with Crippen LogP contribution >= 0.6 is 0 Å². The molecule has 18 heavy (non-hydrogen) atoms. The van der Waals surface area contributed by atoms with Gasteiger partial charge in [-0.2, -0.15) is 0 Å². The zero-order chi connectivity index (χ0) is 13.0. The van der Waals surface area contributed by atoms with Crippen molar-refractivity contribution in [3.63, 3.8) is 0 Å². The van der Waals surface area contributed by atoms with Crippen molar-refractivity contribution < 1.29 is 13.2 Å². The minimum atomic E-state index is -3.32. The molecule has 1 heterocycles. The first-order valence-corrected chi connectivity index (χ1v) is 7.95. The number of rotatable bonds is 5. The van der Waals surface area contributed by atoms with Crippen LogP contribution in [0.25, 0.3) is 0 Å². The predicted octanol–water partition coefficient (Wildman–Crippen LogP) is 2.17. The molecule has 1 aromatic rings. The molecule has 0 radical (unpaired) electrons. The maximum Gasteiger partial charge on any atom is 0.235 e. The van der Waals surface area contributed by atoms with Crippen LogP contribution in [0.4, 0.5) is 5.69 Å². The summed E-state index contributed by atoms with van der Waals surface area (Å²) in [6, 6.07) is 7.49. The van der Waals surface area contributed by atoms with E-state index in [0.29, 0.717) is 12.3 Å². The van der Waals surface area contributed by atoms with Crippen molar-refractivity contribution in [1.29, 1.82) is 0 Å². The summed E-state index contributed by atoms with van der Waals surface area (Å²) in [5, 5.41) is 0. The topological polar surface area (TPSA) is 55.4 Å². The van der Waals surface area contributed by atoms with Crippen LogP contribution in [0.1, 0.15) is 25.3 Å². The highest BCUT2D eigenvalue weighted by Gasteiger charge is 2.23. The molecule has 1 saturated heterocycles. The summed E-state index contributed by atoms with van der Waals surface area (Å²) in [5.41, 5.74) is 1.75. The molecule has 1 N–H and O–H groups in total. The Hall–Kier alpha value is -1.07. The van der Waals surface area contributed by atoms with E-state index in [0.717, 1.165) is 24.8 Å². The van der Waals surface area contributed by atoms with Gasteiger partial charge in [-0.15, -0.1) is 0 Å². The van der Waals surface area contributed by atoms with Crippen molar-refractivity contribution in [2.24, 2.45) is 0 Å². The fourth-order valence-corrected chi connectivity index (χ4v) is 3.42. The third-order valence-corrected chi connectivity index (χ3v) is 4.40. The second-order valence-corrected chi connectivity index (χ2v) is 6.34. The molecule has 5 heteroatoms. The van der Waals surface area contributed by atoms with Gasteiger partial charge in [0.05, 0.1) is 11.9 Å².